The zero-order valence-corrected chi connectivity index (χ0v) is 14.5. The lowest BCUT2D eigenvalue weighted by molar-refractivity contribution is 0.304. The zero-order chi connectivity index (χ0) is 17.0. The number of hydrogen-bond acceptors (Lipinski definition) is 8. The molecule has 0 aliphatic carbocycles. The summed E-state index contributed by atoms with van der Waals surface area (Å²) < 4.78 is 0. The summed E-state index contributed by atoms with van der Waals surface area (Å²) in [5.41, 5.74) is -0.0795. The van der Waals surface area contributed by atoms with E-state index in [0.29, 0.717) is 12.1 Å². The Bertz CT molecular complexity index is 602. The highest BCUT2D eigenvalue weighted by Gasteiger charge is 2.23. The van der Waals surface area contributed by atoms with Gasteiger partial charge in [-0.25, -0.2) is 0 Å². The molecule has 2 saturated heterocycles. The van der Waals surface area contributed by atoms with Crippen LogP contribution in [0.5, 0.6) is 0 Å². The standard InChI is InChI=1S/C9H17N5.C5H9N5/c1-9(2,3)14-12-8(11-13-14)7-5-4-6-10-7;1-2-4(6-3-1)5-7-9-10-8-5/h7,10H,4-6H2,1-3H3;4,6H,1-3H2,(H,7,8,9,10)/t7-;4-/m11/s1. The van der Waals surface area contributed by atoms with Crippen LogP contribution in [0.4, 0.5) is 0 Å². The van der Waals surface area contributed by atoms with Gasteiger partial charge in [-0.3, -0.25) is 0 Å². The van der Waals surface area contributed by atoms with E-state index in [2.05, 4.69) is 67.4 Å². The second-order valence-electron chi connectivity index (χ2n) is 7.18. The molecule has 4 rings (SSSR count). The SMILES string of the molecule is C1CN[C@@H](c2nn[nH]n2)C1.CC(C)(C)n1nnc([C@H]2CCCN2)n1. The van der Waals surface area contributed by atoms with Crippen molar-refractivity contribution >= 4 is 0 Å². The van der Waals surface area contributed by atoms with Gasteiger partial charge in [-0.05, 0) is 64.8 Å². The van der Waals surface area contributed by atoms with E-state index in [0.717, 1.165) is 37.6 Å². The molecule has 0 unspecified atom stereocenters. The molecule has 0 amide bonds. The zero-order valence-electron chi connectivity index (χ0n) is 14.5. The highest BCUT2D eigenvalue weighted by Crippen LogP contribution is 2.20. The fraction of sp³-hybridized carbons (Fsp3) is 0.857. The van der Waals surface area contributed by atoms with Crippen molar-refractivity contribution in [2.24, 2.45) is 0 Å². The Morgan fingerprint density at radius 3 is 2.08 bits per heavy atom. The first-order valence-corrected chi connectivity index (χ1v) is 8.54. The first-order chi connectivity index (χ1) is 11.5. The molecular formula is C14H26N10. The summed E-state index contributed by atoms with van der Waals surface area (Å²) in [7, 11) is 0. The van der Waals surface area contributed by atoms with Crippen molar-refractivity contribution in [3.8, 4) is 0 Å². The number of rotatable bonds is 2. The number of aromatic nitrogens is 8. The smallest absolute Gasteiger partial charge is 0.191 e. The van der Waals surface area contributed by atoms with Crippen molar-refractivity contribution in [2.45, 2.75) is 64.1 Å². The van der Waals surface area contributed by atoms with Gasteiger partial charge in [0.25, 0.3) is 0 Å². The van der Waals surface area contributed by atoms with Gasteiger partial charge in [-0.1, -0.05) is 5.21 Å². The van der Waals surface area contributed by atoms with Crippen LogP contribution in [0.25, 0.3) is 0 Å². The Labute approximate surface area is 141 Å². The lowest BCUT2D eigenvalue weighted by Gasteiger charge is -2.15. The van der Waals surface area contributed by atoms with Crippen molar-refractivity contribution < 1.29 is 0 Å². The number of nitrogens with zero attached hydrogens (tertiary/aromatic N) is 7. The summed E-state index contributed by atoms with van der Waals surface area (Å²) in [4.78, 5) is 1.68. The molecule has 0 saturated carbocycles. The summed E-state index contributed by atoms with van der Waals surface area (Å²) in [5, 5.41) is 32.9. The second-order valence-corrected chi connectivity index (χ2v) is 7.18. The second kappa shape index (κ2) is 7.31. The lowest BCUT2D eigenvalue weighted by Crippen LogP contribution is -2.25. The summed E-state index contributed by atoms with van der Waals surface area (Å²) >= 11 is 0. The molecule has 24 heavy (non-hydrogen) atoms. The third-order valence-corrected chi connectivity index (χ3v) is 4.13. The topological polar surface area (TPSA) is 122 Å². The van der Waals surface area contributed by atoms with Gasteiger partial charge in [0.2, 0.25) is 0 Å². The molecule has 0 spiro atoms. The predicted molar refractivity (Wildman–Crippen MR) is 86.9 cm³/mol. The molecule has 2 atom stereocenters. The molecule has 10 nitrogen and oxygen atoms in total. The molecule has 0 aromatic carbocycles. The molecule has 2 fully saturated rings. The Morgan fingerprint density at radius 1 is 0.958 bits per heavy atom. The molecule has 132 valence electrons. The van der Waals surface area contributed by atoms with Gasteiger partial charge in [0.15, 0.2) is 11.6 Å². The van der Waals surface area contributed by atoms with E-state index in [1.165, 1.54) is 12.8 Å². The Kier molecular flexibility index (Phi) is 5.14. The van der Waals surface area contributed by atoms with E-state index < -0.39 is 0 Å². The van der Waals surface area contributed by atoms with Gasteiger partial charge in [0.05, 0.1) is 17.6 Å². The first-order valence-electron chi connectivity index (χ1n) is 8.54. The Hall–Kier alpha value is -1.94. The summed E-state index contributed by atoms with van der Waals surface area (Å²) in [6.45, 7) is 8.34. The fourth-order valence-corrected chi connectivity index (χ4v) is 2.78. The van der Waals surface area contributed by atoms with Crippen LogP contribution in [0.15, 0.2) is 0 Å². The highest BCUT2D eigenvalue weighted by atomic mass is 15.6. The predicted octanol–water partition coefficient (Wildman–Crippen LogP) is 0.477. The summed E-state index contributed by atoms with van der Waals surface area (Å²) in [6.07, 6.45) is 4.66. The van der Waals surface area contributed by atoms with Crippen LogP contribution in [-0.2, 0) is 5.54 Å². The number of aromatic amines is 1. The lowest BCUT2D eigenvalue weighted by atomic mass is 10.1. The third kappa shape index (κ3) is 4.12. The third-order valence-electron chi connectivity index (χ3n) is 4.13. The van der Waals surface area contributed by atoms with Crippen molar-refractivity contribution in [3.05, 3.63) is 11.6 Å². The molecule has 2 aliphatic rings. The minimum atomic E-state index is -0.0795. The highest BCUT2D eigenvalue weighted by molar-refractivity contribution is 4.93. The monoisotopic (exact) mass is 334 g/mol. The minimum Gasteiger partial charge on any atom is -0.307 e. The summed E-state index contributed by atoms with van der Waals surface area (Å²) in [5.74, 6) is 1.62. The van der Waals surface area contributed by atoms with Crippen LogP contribution in [0, 0.1) is 0 Å². The minimum absolute atomic E-state index is 0.0795. The molecule has 0 radical (unpaired) electrons. The largest absolute Gasteiger partial charge is 0.307 e. The van der Waals surface area contributed by atoms with Gasteiger partial charge in [0, 0.05) is 0 Å². The van der Waals surface area contributed by atoms with Gasteiger partial charge < -0.3 is 10.6 Å². The molecule has 2 aliphatic heterocycles. The van der Waals surface area contributed by atoms with E-state index in [9.17, 15) is 0 Å². The number of hydrogen-bond donors (Lipinski definition) is 3. The average molecular weight is 334 g/mol. The molecule has 3 N–H and O–H groups in total. The van der Waals surface area contributed by atoms with Gasteiger partial charge >= 0.3 is 0 Å². The maximum absolute atomic E-state index is 4.40. The molecular weight excluding hydrogens is 308 g/mol. The van der Waals surface area contributed by atoms with Gasteiger partial charge in [-0.15, -0.1) is 20.4 Å². The van der Waals surface area contributed by atoms with E-state index in [4.69, 9.17) is 0 Å². The fourth-order valence-electron chi connectivity index (χ4n) is 2.78. The van der Waals surface area contributed by atoms with E-state index in [-0.39, 0.29) is 5.54 Å². The van der Waals surface area contributed by atoms with E-state index >= 15 is 0 Å². The number of tetrazole rings is 2. The van der Waals surface area contributed by atoms with Crippen molar-refractivity contribution in [3.63, 3.8) is 0 Å². The van der Waals surface area contributed by atoms with Crippen molar-refractivity contribution in [1.29, 1.82) is 0 Å². The maximum Gasteiger partial charge on any atom is 0.191 e. The quantitative estimate of drug-likeness (QED) is 0.725. The molecule has 0 bridgehead atoms. The van der Waals surface area contributed by atoms with E-state index in [1.807, 2.05) is 0 Å². The van der Waals surface area contributed by atoms with Crippen molar-refractivity contribution in [2.75, 3.05) is 13.1 Å². The normalized spacial score (nSPS) is 24.0. The first kappa shape index (κ1) is 16.9. The summed E-state index contributed by atoms with van der Waals surface area (Å²) in [6, 6.07) is 0.643. The molecule has 4 heterocycles. The Balaban J connectivity index is 0.000000149. The number of nitrogens with one attached hydrogen (secondary N) is 3. The van der Waals surface area contributed by atoms with Crippen LogP contribution < -0.4 is 10.6 Å². The van der Waals surface area contributed by atoms with Crippen LogP contribution >= 0.6 is 0 Å². The van der Waals surface area contributed by atoms with Crippen molar-refractivity contribution in [1.82, 2.24) is 51.5 Å². The van der Waals surface area contributed by atoms with Crippen LogP contribution in [0.1, 0.15) is 70.2 Å². The number of H-pyrrole nitrogens is 1. The molecule has 2 aromatic rings. The van der Waals surface area contributed by atoms with Gasteiger partial charge in [0.1, 0.15) is 0 Å². The maximum atomic E-state index is 4.40. The van der Waals surface area contributed by atoms with Crippen LogP contribution in [0.3, 0.4) is 0 Å². The van der Waals surface area contributed by atoms with Gasteiger partial charge in [-0.2, -0.15) is 10.0 Å². The van der Waals surface area contributed by atoms with Crippen LogP contribution in [-0.4, -0.2) is 53.9 Å². The molecule has 10 heteroatoms. The Morgan fingerprint density at radius 2 is 1.62 bits per heavy atom. The molecule has 2 aromatic heterocycles. The average Bonchev–Trinajstić information content (AvgIpc) is 3.37. The van der Waals surface area contributed by atoms with E-state index in [1.54, 1.807) is 4.80 Å². The van der Waals surface area contributed by atoms with Crippen LogP contribution in [0.2, 0.25) is 0 Å².